The van der Waals surface area contributed by atoms with E-state index in [9.17, 15) is 39.6 Å². The Labute approximate surface area is 193 Å². The number of phenolic OH excluding ortho intramolecular Hbond substituents is 1. The zero-order valence-corrected chi connectivity index (χ0v) is 18.6. The maximum Gasteiger partial charge on any atom is 0.302 e. The lowest BCUT2D eigenvalue weighted by molar-refractivity contribution is -0.183. The molecule has 5 atom stereocenters. The molecule has 0 spiro atoms. The molecule has 4 rings (SSSR count). The molecule has 0 radical (unpaired) electrons. The second-order valence-corrected chi connectivity index (χ2v) is 8.94. The number of nitrogens with zero attached hydrogens (tertiary/aromatic N) is 1. The molecule has 1 amide bonds. The summed E-state index contributed by atoms with van der Waals surface area (Å²) in [5.74, 6) is -9.09. The zero-order chi connectivity index (χ0) is 25.3. The number of nitrogens with two attached hydrogens (primary N) is 1. The number of aliphatic hydroxyl groups excluding tert-OH is 2. The molecule has 1 fully saturated rings. The van der Waals surface area contributed by atoms with E-state index >= 15 is 0 Å². The van der Waals surface area contributed by atoms with E-state index in [1.165, 1.54) is 31.1 Å². The van der Waals surface area contributed by atoms with Gasteiger partial charge in [0.25, 0.3) is 5.91 Å². The van der Waals surface area contributed by atoms with Gasteiger partial charge in [0.1, 0.15) is 28.9 Å². The maximum absolute atomic E-state index is 13.8. The van der Waals surface area contributed by atoms with Crippen molar-refractivity contribution >= 4 is 29.2 Å². The van der Waals surface area contributed by atoms with Crippen LogP contribution in [0.3, 0.4) is 0 Å². The van der Waals surface area contributed by atoms with E-state index in [0.29, 0.717) is 5.56 Å². The highest BCUT2D eigenvalue weighted by Crippen LogP contribution is 2.53. The smallest absolute Gasteiger partial charge is 0.302 e. The Morgan fingerprint density at radius 2 is 1.82 bits per heavy atom. The predicted octanol–water partition coefficient (Wildman–Crippen LogP) is -0.494. The Bertz CT molecular complexity index is 1210. The number of ether oxygens (including phenoxy) is 1. The van der Waals surface area contributed by atoms with E-state index in [1.54, 1.807) is 6.07 Å². The molecule has 0 heterocycles. The molecule has 1 aromatic carbocycles. The largest absolute Gasteiger partial charge is 0.508 e. The van der Waals surface area contributed by atoms with E-state index in [4.69, 9.17) is 10.5 Å². The Kier molecular flexibility index (Phi) is 5.29. The van der Waals surface area contributed by atoms with Crippen molar-refractivity contribution in [2.45, 2.75) is 31.1 Å². The van der Waals surface area contributed by atoms with Gasteiger partial charge in [-0.3, -0.25) is 24.1 Å². The molecule has 1 aromatic rings. The third-order valence-corrected chi connectivity index (χ3v) is 6.81. The van der Waals surface area contributed by atoms with E-state index in [2.05, 4.69) is 0 Å². The van der Waals surface area contributed by atoms with Crippen LogP contribution in [0, 0.1) is 11.8 Å². The number of Topliss-reactive ketones (excluding diaryl/α,β-unsaturated/α-hetero) is 2. The molecule has 6 N–H and O–H groups in total. The van der Waals surface area contributed by atoms with Crippen LogP contribution in [0.2, 0.25) is 0 Å². The Morgan fingerprint density at radius 3 is 2.38 bits per heavy atom. The first-order valence-electron chi connectivity index (χ1n) is 10.5. The number of carbonyl (C=O) groups excluding carboxylic acids is 4. The first-order chi connectivity index (χ1) is 15.8. The van der Waals surface area contributed by atoms with Gasteiger partial charge in [0, 0.05) is 18.4 Å². The van der Waals surface area contributed by atoms with Crippen LogP contribution < -0.4 is 5.73 Å². The molecule has 0 saturated heterocycles. The number of phenols is 1. The summed E-state index contributed by atoms with van der Waals surface area (Å²) < 4.78 is 5.52. The number of hydrogen-bond donors (Lipinski definition) is 5. The quantitative estimate of drug-likeness (QED) is 0.283. The van der Waals surface area contributed by atoms with Crippen molar-refractivity contribution in [2.75, 3.05) is 14.1 Å². The van der Waals surface area contributed by atoms with Crippen molar-refractivity contribution < 1.29 is 44.3 Å². The Hall–Kier alpha value is -3.70. The minimum Gasteiger partial charge on any atom is -0.508 e. The second-order valence-electron chi connectivity index (χ2n) is 8.94. The molecule has 3 aliphatic carbocycles. The molecule has 1 saturated carbocycles. The number of likely N-dealkylation sites (N-methyl/N-ethyl adjacent to an activating group) is 1. The van der Waals surface area contributed by atoms with Crippen molar-refractivity contribution in [2.24, 2.45) is 17.6 Å². The molecule has 180 valence electrons. The lowest BCUT2D eigenvalue weighted by Gasteiger charge is -2.53. The first-order valence-corrected chi connectivity index (χ1v) is 10.5. The normalized spacial score (nSPS) is 30.6. The fraction of sp³-hybridized carbons (Fsp3) is 0.391. The highest BCUT2D eigenvalue weighted by molar-refractivity contribution is 6.24. The van der Waals surface area contributed by atoms with Gasteiger partial charge in [0.15, 0.2) is 11.4 Å². The van der Waals surface area contributed by atoms with Crippen LogP contribution in [0.5, 0.6) is 5.75 Å². The SMILES string of the molecule is CC(=O)O[C@H]1[C@H]2[C@H](N(C)C)C(=O)C(C(N)=O)=C(O)[C@@]2(O)C(=O)C2=C(O)c3c(O)cccc3C[C@H]21. The van der Waals surface area contributed by atoms with E-state index in [1.807, 2.05) is 0 Å². The summed E-state index contributed by atoms with van der Waals surface area (Å²) in [4.78, 5) is 52.4. The Morgan fingerprint density at radius 1 is 1.18 bits per heavy atom. The topological polar surface area (TPSA) is 188 Å². The number of aromatic hydroxyl groups is 1. The van der Waals surface area contributed by atoms with Gasteiger partial charge < -0.3 is 30.9 Å². The van der Waals surface area contributed by atoms with Gasteiger partial charge in [0.05, 0.1) is 17.5 Å². The number of ketones is 2. The van der Waals surface area contributed by atoms with Crippen molar-refractivity contribution in [1.82, 2.24) is 4.90 Å². The number of aliphatic hydroxyl groups is 3. The summed E-state index contributed by atoms with van der Waals surface area (Å²) in [7, 11) is 2.91. The van der Waals surface area contributed by atoms with Crippen molar-refractivity contribution in [3.8, 4) is 5.75 Å². The van der Waals surface area contributed by atoms with Crippen LogP contribution in [0.1, 0.15) is 18.1 Å². The second kappa shape index (κ2) is 7.67. The molecule has 11 heteroatoms. The van der Waals surface area contributed by atoms with Gasteiger partial charge >= 0.3 is 5.97 Å². The minimum absolute atomic E-state index is 0.0148. The van der Waals surface area contributed by atoms with Gasteiger partial charge in [-0.1, -0.05) is 12.1 Å². The third-order valence-electron chi connectivity index (χ3n) is 6.81. The van der Waals surface area contributed by atoms with Gasteiger partial charge in [-0.2, -0.15) is 0 Å². The maximum atomic E-state index is 13.8. The summed E-state index contributed by atoms with van der Waals surface area (Å²) >= 11 is 0. The number of benzene rings is 1. The molecule has 34 heavy (non-hydrogen) atoms. The number of esters is 1. The molecular weight excluding hydrogens is 448 g/mol. The number of carbonyl (C=O) groups is 4. The van der Waals surface area contributed by atoms with Crippen LogP contribution in [0.4, 0.5) is 0 Å². The predicted molar refractivity (Wildman–Crippen MR) is 115 cm³/mol. The average Bonchev–Trinajstić information content (AvgIpc) is 2.72. The number of amides is 1. The van der Waals surface area contributed by atoms with Crippen LogP contribution in [-0.4, -0.2) is 80.6 Å². The fourth-order valence-corrected chi connectivity index (χ4v) is 5.51. The highest BCUT2D eigenvalue weighted by Gasteiger charge is 2.68. The minimum atomic E-state index is -2.92. The van der Waals surface area contributed by atoms with E-state index in [0.717, 1.165) is 6.92 Å². The number of rotatable bonds is 3. The van der Waals surface area contributed by atoms with Gasteiger partial charge in [-0.25, -0.2) is 0 Å². The summed E-state index contributed by atoms with van der Waals surface area (Å²) in [5, 5.41) is 43.9. The van der Waals surface area contributed by atoms with E-state index < -0.39 is 75.7 Å². The Balaban J connectivity index is 2.08. The molecule has 3 aliphatic rings. The molecule has 11 nitrogen and oxygen atoms in total. The van der Waals surface area contributed by atoms with Gasteiger partial charge in [-0.15, -0.1) is 0 Å². The summed E-state index contributed by atoms with van der Waals surface area (Å²) in [6.07, 6.45) is -1.36. The highest BCUT2D eigenvalue weighted by atomic mass is 16.5. The average molecular weight is 472 g/mol. The lowest BCUT2D eigenvalue weighted by atomic mass is 9.56. The molecule has 0 aliphatic heterocycles. The zero-order valence-electron chi connectivity index (χ0n) is 18.6. The van der Waals surface area contributed by atoms with Crippen molar-refractivity contribution in [1.29, 1.82) is 0 Å². The summed E-state index contributed by atoms with van der Waals surface area (Å²) in [6.45, 7) is 1.10. The van der Waals surface area contributed by atoms with Crippen molar-refractivity contribution in [3.63, 3.8) is 0 Å². The number of fused-ring (bicyclic) bond motifs is 3. The lowest BCUT2D eigenvalue weighted by Crippen LogP contribution is -2.70. The fourth-order valence-electron chi connectivity index (χ4n) is 5.51. The van der Waals surface area contributed by atoms with Crippen LogP contribution in [0.25, 0.3) is 5.76 Å². The van der Waals surface area contributed by atoms with Crippen LogP contribution in [-0.2, 0) is 30.3 Å². The van der Waals surface area contributed by atoms with Gasteiger partial charge in [0.2, 0.25) is 5.78 Å². The monoisotopic (exact) mass is 472 g/mol. The number of hydrogen-bond acceptors (Lipinski definition) is 10. The summed E-state index contributed by atoms with van der Waals surface area (Å²) in [5.41, 5.74) is 1.42. The molecule has 0 aromatic heterocycles. The van der Waals surface area contributed by atoms with Crippen LogP contribution >= 0.6 is 0 Å². The summed E-state index contributed by atoms with van der Waals surface area (Å²) in [6, 6.07) is 3.06. The van der Waals surface area contributed by atoms with E-state index in [-0.39, 0.29) is 17.7 Å². The molecule has 0 bridgehead atoms. The van der Waals surface area contributed by atoms with Crippen LogP contribution in [0.15, 0.2) is 35.1 Å². The molecule has 0 unspecified atom stereocenters. The first kappa shape index (κ1) is 23.5. The number of primary amides is 1. The van der Waals surface area contributed by atoms with Gasteiger partial charge in [-0.05, 0) is 32.1 Å². The van der Waals surface area contributed by atoms with Crippen molar-refractivity contribution in [3.05, 3.63) is 46.2 Å². The standard InChI is InChI=1S/C23H24N2O9/c1-8(26)34-19-10-7-9-5-4-6-11(27)12(9)17(28)13(10)20(30)23(33)15(19)16(25(2)3)18(29)14(21(23)31)22(24)32/h4-6,10,15-16,19,27-28,31,33H,7H2,1-3H3,(H2,24,32)/t10-,15-,16+,19-,23+/m1/s1. The third kappa shape index (κ3) is 2.97. The molecular formula is C23H24N2O9.